The second kappa shape index (κ2) is 6.77. The Morgan fingerprint density at radius 3 is 1.92 bits per heavy atom. The van der Waals surface area contributed by atoms with Gasteiger partial charge in [-0.05, 0) is 29.8 Å². The Bertz CT molecular complexity index is 970. The third kappa shape index (κ3) is 2.63. The lowest BCUT2D eigenvalue weighted by atomic mass is 9.95. The molecule has 0 N–H and O–H groups in total. The number of pyridine rings is 1. The molecule has 0 aliphatic rings. The fourth-order valence-electron chi connectivity index (χ4n) is 3.32. The third-order valence-electron chi connectivity index (χ3n) is 4.43. The number of ether oxygens (including phenoxy) is 1. The smallest absolute Gasteiger partial charge is 0.213 e. The highest BCUT2D eigenvalue weighted by atomic mass is 127. The van der Waals surface area contributed by atoms with Gasteiger partial charge in [-0.15, -0.1) is 0 Å². The minimum absolute atomic E-state index is 0. The molecule has 4 aromatic rings. The van der Waals surface area contributed by atoms with Crippen molar-refractivity contribution < 1.29 is 33.3 Å². The maximum absolute atomic E-state index is 5.42. The Morgan fingerprint density at radius 2 is 1.33 bits per heavy atom. The first-order valence-electron chi connectivity index (χ1n) is 7.73. The van der Waals surface area contributed by atoms with Crippen LogP contribution >= 0.6 is 0 Å². The Labute approximate surface area is 158 Å². The van der Waals surface area contributed by atoms with Gasteiger partial charge in [0.25, 0.3) is 0 Å². The summed E-state index contributed by atoms with van der Waals surface area (Å²) in [5.41, 5.74) is 4.89. The highest BCUT2D eigenvalue weighted by Crippen LogP contribution is 2.35. The van der Waals surface area contributed by atoms with Crippen LogP contribution in [0.4, 0.5) is 0 Å². The van der Waals surface area contributed by atoms with Crippen LogP contribution in [0, 0.1) is 0 Å². The van der Waals surface area contributed by atoms with Gasteiger partial charge in [-0.3, -0.25) is 0 Å². The van der Waals surface area contributed by atoms with Crippen molar-refractivity contribution in [1.29, 1.82) is 0 Å². The number of fused-ring (bicyclic) bond motifs is 2. The summed E-state index contributed by atoms with van der Waals surface area (Å²) >= 11 is 0. The van der Waals surface area contributed by atoms with Crippen molar-refractivity contribution >= 4 is 21.8 Å². The van der Waals surface area contributed by atoms with Crippen molar-refractivity contribution in [3.8, 4) is 16.9 Å². The number of hydrogen-bond acceptors (Lipinski definition) is 1. The quantitative estimate of drug-likeness (QED) is 0.269. The number of aromatic nitrogens is 1. The minimum Gasteiger partial charge on any atom is -1.00 e. The van der Waals surface area contributed by atoms with Gasteiger partial charge < -0.3 is 28.7 Å². The summed E-state index contributed by atoms with van der Waals surface area (Å²) in [6.45, 7) is 0. The van der Waals surface area contributed by atoms with E-state index < -0.39 is 0 Å². The van der Waals surface area contributed by atoms with E-state index in [1.807, 2.05) is 12.1 Å². The molecule has 2 nitrogen and oxygen atoms in total. The Hall–Kier alpha value is -2.14. The van der Waals surface area contributed by atoms with E-state index >= 15 is 0 Å². The van der Waals surface area contributed by atoms with E-state index in [4.69, 9.17) is 4.74 Å². The van der Waals surface area contributed by atoms with E-state index in [0.29, 0.717) is 0 Å². The van der Waals surface area contributed by atoms with Gasteiger partial charge in [0.15, 0.2) is 0 Å². The molecular formula is C21H18INO. The van der Waals surface area contributed by atoms with E-state index in [0.717, 1.165) is 5.75 Å². The summed E-state index contributed by atoms with van der Waals surface area (Å²) in [7, 11) is 3.83. The number of hydrogen-bond donors (Lipinski definition) is 0. The Balaban J connectivity index is 0.00000169. The second-order valence-electron chi connectivity index (χ2n) is 5.70. The summed E-state index contributed by atoms with van der Waals surface area (Å²) in [6.07, 6.45) is 0. The van der Waals surface area contributed by atoms with Gasteiger partial charge >= 0.3 is 0 Å². The van der Waals surface area contributed by atoms with Crippen LogP contribution in [0.2, 0.25) is 0 Å². The van der Waals surface area contributed by atoms with E-state index in [1.54, 1.807) is 7.11 Å². The molecule has 0 atom stereocenters. The molecule has 0 saturated carbocycles. The minimum atomic E-state index is 0. The number of methoxy groups -OCH3 is 1. The van der Waals surface area contributed by atoms with Crippen molar-refractivity contribution in [3.63, 3.8) is 0 Å². The van der Waals surface area contributed by atoms with Crippen molar-refractivity contribution in [2.24, 2.45) is 7.05 Å². The molecule has 0 spiro atoms. The van der Waals surface area contributed by atoms with E-state index in [9.17, 15) is 0 Å². The molecule has 0 radical (unpaired) electrons. The second-order valence-corrected chi connectivity index (χ2v) is 5.70. The number of rotatable bonds is 2. The summed E-state index contributed by atoms with van der Waals surface area (Å²) in [5, 5.41) is 2.50. The molecule has 24 heavy (non-hydrogen) atoms. The SMILES string of the molecule is COc1cccc(-c2c3ccccc3[n+](C)c3ccccc23)c1.[I-]. The van der Waals surface area contributed by atoms with Crippen molar-refractivity contribution in [2.45, 2.75) is 0 Å². The molecule has 1 heterocycles. The zero-order chi connectivity index (χ0) is 15.8. The zero-order valence-electron chi connectivity index (χ0n) is 13.7. The molecule has 0 unspecified atom stereocenters. The van der Waals surface area contributed by atoms with Gasteiger partial charge in [0.05, 0.1) is 17.9 Å². The normalized spacial score (nSPS) is 10.6. The lowest BCUT2D eigenvalue weighted by Crippen LogP contribution is -3.00. The van der Waals surface area contributed by atoms with Crippen LogP contribution in [0.5, 0.6) is 5.75 Å². The van der Waals surface area contributed by atoms with Gasteiger partial charge in [0, 0.05) is 17.7 Å². The topological polar surface area (TPSA) is 13.1 Å². The molecule has 1 aromatic heterocycles. The van der Waals surface area contributed by atoms with Gasteiger partial charge in [0.2, 0.25) is 11.0 Å². The van der Waals surface area contributed by atoms with E-state index in [2.05, 4.69) is 72.3 Å². The van der Waals surface area contributed by atoms with Crippen LogP contribution in [-0.2, 0) is 7.05 Å². The van der Waals surface area contributed by atoms with Gasteiger partial charge in [-0.1, -0.05) is 36.4 Å². The van der Waals surface area contributed by atoms with E-state index in [-0.39, 0.29) is 24.0 Å². The highest BCUT2D eigenvalue weighted by molar-refractivity contribution is 6.07. The first-order valence-corrected chi connectivity index (χ1v) is 7.73. The van der Waals surface area contributed by atoms with E-state index in [1.165, 1.54) is 32.9 Å². The van der Waals surface area contributed by atoms with Crippen molar-refractivity contribution in [3.05, 3.63) is 72.8 Å². The molecule has 4 rings (SSSR count). The molecule has 3 aromatic carbocycles. The maximum atomic E-state index is 5.42. The third-order valence-corrected chi connectivity index (χ3v) is 4.43. The summed E-state index contributed by atoms with van der Waals surface area (Å²) < 4.78 is 7.68. The Morgan fingerprint density at radius 1 is 0.750 bits per heavy atom. The molecule has 0 fully saturated rings. The highest BCUT2D eigenvalue weighted by Gasteiger charge is 2.18. The van der Waals surface area contributed by atoms with Crippen LogP contribution in [0.15, 0.2) is 72.8 Å². The van der Waals surface area contributed by atoms with Gasteiger partial charge in [-0.2, -0.15) is 4.57 Å². The number of benzene rings is 3. The molecule has 0 saturated heterocycles. The zero-order valence-corrected chi connectivity index (χ0v) is 15.8. The van der Waals surface area contributed by atoms with Crippen LogP contribution < -0.4 is 33.3 Å². The van der Waals surface area contributed by atoms with Gasteiger partial charge in [0.1, 0.15) is 12.8 Å². The van der Waals surface area contributed by atoms with Gasteiger partial charge in [-0.25, -0.2) is 0 Å². The average Bonchev–Trinajstić information content (AvgIpc) is 2.62. The number of aryl methyl sites for hydroxylation is 1. The van der Waals surface area contributed by atoms with Crippen LogP contribution in [0.25, 0.3) is 32.9 Å². The largest absolute Gasteiger partial charge is 1.00 e. The molecule has 3 heteroatoms. The maximum Gasteiger partial charge on any atom is 0.213 e. The molecular weight excluding hydrogens is 409 g/mol. The monoisotopic (exact) mass is 427 g/mol. The number of para-hydroxylation sites is 2. The van der Waals surface area contributed by atoms with Crippen molar-refractivity contribution in [1.82, 2.24) is 0 Å². The first-order chi connectivity index (χ1) is 11.3. The van der Waals surface area contributed by atoms with Crippen molar-refractivity contribution in [2.75, 3.05) is 7.11 Å². The molecule has 0 aliphatic heterocycles. The Kier molecular flexibility index (Phi) is 4.71. The molecule has 0 aliphatic carbocycles. The predicted molar refractivity (Wildman–Crippen MR) is 94.6 cm³/mol. The fourth-order valence-corrected chi connectivity index (χ4v) is 3.32. The number of halogens is 1. The predicted octanol–water partition coefficient (Wildman–Crippen LogP) is 1.50. The summed E-state index contributed by atoms with van der Waals surface area (Å²) in [4.78, 5) is 0. The lowest BCUT2D eigenvalue weighted by molar-refractivity contribution is -0.617. The average molecular weight is 427 g/mol. The van der Waals surface area contributed by atoms with Crippen LogP contribution in [0.3, 0.4) is 0 Å². The molecule has 120 valence electrons. The van der Waals surface area contributed by atoms with Crippen LogP contribution in [-0.4, -0.2) is 7.11 Å². The molecule has 0 bridgehead atoms. The lowest BCUT2D eigenvalue weighted by Gasteiger charge is -2.11. The summed E-state index contributed by atoms with van der Waals surface area (Å²) in [6, 6.07) is 25.4. The fraction of sp³-hybridized carbons (Fsp3) is 0.0952. The molecule has 0 amide bonds. The number of nitrogens with zero attached hydrogens (tertiary/aromatic N) is 1. The first kappa shape index (κ1) is 16.7. The standard InChI is InChI=1S/C21H18NO.HI/c1-22-19-12-5-3-10-17(19)21(18-11-4-6-13-20(18)22)15-8-7-9-16(14-15)23-2;/h3-14H,1-2H3;1H/q+1;/p-1. The van der Waals surface area contributed by atoms with Crippen LogP contribution in [0.1, 0.15) is 0 Å². The summed E-state index contributed by atoms with van der Waals surface area (Å²) in [5.74, 6) is 0.879.